The average Bonchev–Trinajstić information content (AvgIpc) is 2.72. The second kappa shape index (κ2) is 5.74. The molecular formula is C14H18N2O2. The van der Waals surface area contributed by atoms with Gasteiger partial charge in [-0.15, -0.1) is 0 Å². The molecule has 96 valence electrons. The fourth-order valence-corrected chi connectivity index (χ4v) is 2.18. The highest BCUT2D eigenvalue weighted by Gasteiger charge is 2.21. The standard InChI is InChI=1S/C14H18N2O2/c1-10-6-11-7-13(17-2)12(8-14(11)18-10)9-16-5-3-4-15/h7-8,10,16H,3,5-6,9H2,1-2H3. The summed E-state index contributed by atoms with van der Waals surface area (Å²) in [5.41, 5.74) is 2.28. The Hall–Kier alpha value is -1.73. The number of nitriles is 1. The molecular weight excluding hydrogens is 228 g/mol. The summed E-state index contributed by atoms with van der Waals surface area (Å²) in [7, 11) is 1.68. The van der Waals surface area contributed by atoms with E-state index < -0.39 is 0 Å². The Bertz CT molecular complexity index is 466. The Labute approximate surface area is 108 Å². The van der Waals surface area contributed by atoms with Crippen molar-refractivity contribution in [2.24, 2.45) is 0 Å². The molecule has 1 aliphatic heterocycles. The van der Waals surface area contributed by atoms with Crippen molar-refractivity contribution in [1.82, 2.24) is 5.32 Å². The molecule has 0 amide bonds. The molecule has 1 aromatic carbocycles. The number of ether oxygens (including phenoxy) is 2. The second-order valence-corrected chi connectivity index (χ2v) is 4.49. The fraction of sp³-hybridized carbons (Fsp3) is 0.500. The van der Waals surface area contributed by atoms with Gasteiger partial charge in [-0.2, -0.15) is 5.26 Å². The SMILES string of the molecule is COc1cc2c(cc1CNCCC#N)OC(C)C2. The molecule has 2 rings (SSSR count). The van der Waals surface area contributed by atoms with Gasteiger partial charge in [-0.1, -0.05) is 0 Å². The molecule has 0 saturated carbocycles. The third-order valence-electron chi connectivity index (χ3n) is 3.03. The lowest BCUT2D eigenvalue weighted by Gasteiger charge is -2.11. The van der Waals surface area contributed by atoms with E-state index >= 15 is 0 Å². The van der Waals surface area contributed by atoms with E-state index in [1.54, 1.807) is 7.11 Å². The Morgan fingerprint density at radius 1 is 1.56 bits per heavy atom. The van der Waals surface area contributed by atoms with Gasteiger partial charge in [0.05, 0.1) is 13.2 Å². The van der Waals surface area contributed by atoms with Crippen LogP contribution in [-0.4, -0.2) is 19.8 Å². The monoisotopic (exact) mass is 246 g/mol. The van der Waals surface area contributed by atoms with Crippen LogP contribution in [0.5, 0.6) is 11.5 Å². The summed E-state index contributed by atoms with van der Waals surface area (Å²) in [5, 5.41) is 11.7. The highest BCUT2D eigenvalue weighted by atomic mass is 16.5. The van der Waals surface area contributed by atoms with Gasteiger partial charge in [0.2, 0.25) is 0 Å². The van der Waals surface area contributed by atoms with E-state index in [0.717, 1.165) is 23.5 Å². The molecule has 1 aromatic rings. The van der Waals surface area contributed by atoms with Crippen molar-refractivity contribution in [2.75, 3.05) is 13.7 Å². The zero-order valence-electron chi connectivity index (χ0n) is 10.8. The van der Waals surface area contributed by atoms with Crippen LogP contribution in [-0.2, 0) is 13.0 Å². The number of methoxy groups -OCH3 is 1. The number of hydrogen-bond donors (Lipinski definition) is 1. The van der Waals surface area contributed by atoms with Gasteiger partial charge in [-0.05, 0) is 19.1 Å². The van der Waals surface area contributed by atoms with Crippen LogP contribution in [0.15, 0.2) is 12.1 Å². The van der Waals surface area contributed by atoms with Crippen molar-refractivity contribution in [1.29, 1.82) is 5.26 Å². The van der Waals surface area contributed by atoms with Gasteiger partial charge in [-0.25, -0.2) is 0 Å². The number of nitrogens with one attached hydrogen (secondary N) is 1. The summed E-state index contributed by atoms with van der Waals surface area (Å²) < 4.78 is 11.1. The normalized spacial score (nSPS) is 16.8. The first kappa shape index (κ1) is 12.7. The quantitative estimate of drug-likeness (QED) is 0.808. The van der Waals surface area contributed by atoms with Crippen LogP contribution in [0.1, 0.15) is 24.5 Å². The molecule has 0 aliphatic carbocycles. The molecule has 0 aromatic heterocycles. The molecule has 0 bridgehead atoms. The maximum atomic E-state index is 8.49. The van der Waals surface area contributed by atoms with Gasteiger partial charge in [-0.3, -0.25) is 0 Å². The van der Waals surface area contributed by atoms with Gasteiger partial charge in [0, 0.05) is 37.1 Å². The molecule has 0 fully saturated rings. The molecule has 0 spiro atoms. The van der Waals surface area contributed by atoms with E-state index in [1.807, 2.05) is 6.07 Å². The molecule has 1 N–H and O–H groups in total. The average molecular weight is 246 g/mol. The Kier molecular flexibility index (Phi) is 4.06. The van der Waals surface area contributed by atoms with Gasteiger partial charge >= 0.3 is 0 Å². The summed E-state index contributed by atoms with van der Waals surface area (Å²) in [4.78, 5) is 0. The third kappa shape index (κ3) is 2.74. The lowest BCUT2D eigenvalue weighted by Crippen LogP contribution is -2.14. The summed E-state index contributed by atoms with van der Waals surface area (Å²) in [5.74, 6) is 1.84. The summed E-state index contributed by atoms with van der Waals surface area (Å²) in [6.45, 7) is 3.45. The van der Waals surface area contributed by atoms with Crippen LogP contribution in [0.2, 0.25) is 0 Å². The number of rotatable bonds is 5. The van der Waals surface area contributed by atoms with E-state index in [2.05, 4.69) is 24.4 Å². The largest absolute Gasteiger partial charge is 0.496 e. The number of hydrogen-bond acceptors (Lipinski definition) is 4. The van der Waals surface area contributed by atoms with Crippen LogP contribution in [0, 0.1) is 11.3 Å². The van der Waals surface area contributed by atoms with Gasteiger partial charge in [0.1, 0.15) is 17.6 Å². The Morgan fingerprint density at radius 2 is 2.39 bits per heavy atom. The van der Waals surface area contributed by atoms with Crippen LogP contribution >= 0.6 is 0 Å². The maximum Gasteiger partial charge on any atom is 0.123 e. The van der Waals surface area contributed by atoms with Crippen molar-refractivity contribution in [3.8, 4) is 17.6 Å². The maximum absolute atomic E-state index is 8.49. The molecule has 1 unspecified atom stereocenters. The molecule has 4 heteroatoms. The third-order valence-corrected chi connectivity index (χ3v) is 3.03. The summed E-state index contributed by atoms with van der Waals surface area (Å²) >= 11 is 0. The fourth-order valence-electron chi connectivity index (χ4n) is 2.18. The minimum absolute atomic E-state index is 0.242. The zero-order chi connectivity index (χ0) is 13.0. The van der Waals surface area contributed by atoms with E-state index in [0.29, 0.717) is 19.5 Å². The summed E-state index contributed by atoms with van der Waals surface area (Å²) in [6, 6.07) is 6.21. The first-order valence-electron chi connectivity index (χ1n) is 6.18. The number of fused-ring (bicyclic) bond motifs is 1. The van der Waals surface area contributed by atoms with Crippen molar-refractivity contribution in [3.05, 3.63) is 23.3 Å². The lowest BCUT2D eigenvalue weighted by molar-refractivity contribution is 0.254. The van der Waals surface area contributed by atoms with Crippen molar-refractivity contribution >= 4 is 0 Å². The predicted molar refractivity (Wildman–Crippen MR) is 68.7 cm³/mol. The molecule has 1 aliphatic rings. The Morgan fingerprint density at radius 3 is 3.11 bits per heavy atom. The van der Waals surface area contributed by atoms with Crippen LogP contribution in [0.25, 0.3) is 0 Å². The molecule has 1 atom stereocenters. The highest BCUT2D eigenvalue weighted by Crippen LogP contribution is 2.34. The van der Waals surface area contributed by atoms with Crippen LogP contribution in [0.4, 0.5) is 0 Å². The molecule has 4 nitrogen and oxygen atoms in total. The van der Waals surface area contributed by atoms with Crippen molar-refractivity contribution in [3.63, 3.8) is 0 Å². The van der Waals surface area contributed by atoms with E-state index in [4.69, 9.17) is 14.7 Å². The second-order valence-electron chi connectivity index (χ2n) is 4.49. The molecule has 1 heterocycles. The number of benzene rings is 1. The minimum atomic E-state index is 0.242. The highest BCUT2D eigenvalue weighted by molar-refractivity contribution is 5.48. The van der Waals surface area contributed by atoms with Crippen LogP contribution < -0.4 is 14.8 Å². The molecule has 0 radical (unpaired) electrons. The first-order chi connectivity index (χ1) is 8.74. The van der Waals surface area contributed by atoms with E-state index in [1.165, 1.54) is 5.56 Å². The Balaban J connectivity index is 2.10. The molecule has 0 saturated heterocycles. The minimum Gasteiger partial charge on any atom is -0.496 e. The number of nitrogens with zero attached hydrogens (tertiary/aromatic N) is 1. The van der Waals surface area contributed by atoms with Gasteiger partial charge < -0.3 is 14.8 Å². The predicted octanol–water partition coefficient (Wildman–Crippen LogP) is 2.02. The smallest absolute Gasteiger partial charge is 0.123 e. The topological polar surface area (TPSA) is 54.3 Å². The van der Waals surface area contributed by atoms with E-state index in [-0.39, 0.29) is 6.10 Å². The lowest BCUT2D eigenvalue weighted by atomic mass is 10.1. The van der Waals surface area contributed by atoms with Crippen molar-refractivity contribution < 1.29 is 9.47 Å². The van der Waals surface area contributed by atoms with Gasteiger partial charge in [0.25, 0.3) is 0 Å². The van der Waals surface area contributed by atoms with Gasteiger partial charge in [0.15, 0.2) is 0 Å². The van der Waals surface area contributed by atoms with Crippen LogP contribution in [0.3, 0.4) is 0 Å². The molecule has 18 heavy (non-hydrogen) atoms. The first-order valence-corrected chi connectivity index (χ1v) is 6.18. The summed E-state index contributed by atoms with van der Waals surface area (Å²) in [6.07, 6.45) is 1.70. The van der Waals surface area contributed by atoms with Crippen molar-refractivity contribution in [2.45, 2.75) is 32.4 Å². The van der Waals surface area contributed by atoms with E-state index in [9.17, 15) is 0 Å². The zero-order valence-corrected chi connectivity index (χ0v) is 10.8.